The molecule has 4 nitrogen and oxygen atoms in total. The maximum Gasteiger partial charge on any atom is 0.170 e. The quantitative estimate of drug-likeness (QED) is 0.388. The molecule has 0 unspecified atom stereocenters. The van der Waals surface area contributed by atoms with Gasteiger partial charge in [-0.05, 0) is 30.3 Å². The van der Waals surface area contributed by atoms with Gasteiger partial charge in [0.15, 0.2) is 5.84 Å². The molecule has 0 aliphatic heterocycles. The van der Waals surface area contributed by atoms with Crippen LogP contribution in [0.5, 0.6) is 5.75 Å². The summed E-state index contributed by atoms with van der Waals surface area (Å²) < 4.78 is 18.5. The van der Waals surface area contributed by atoms with E-state index in [1.165, 1.54) is 24.3 Å². The van der Waals surface area contributed by atoms with Crippen LogP contribution < -0.4 is 10.5 Å². The van der Waals surface area contributed by atoms with Crippen molar-refractivity contribution in [3.8, 4) is 5.75 Å². The van der Waals surface area contributed by atoms with Crippen molar-refractivity contribution in [2.75, 3.05) is 0 Å². The molecule has 0 saturated heterocycles. The van der Waals surface area contributed by atoms with Crippen LogP contribution in [0, 0.1) is 5.82 Å². The van der Waals surface area contributed by atoms with E-state index in [1.807, 2.05) is 0 Å². The summed E-state index contributed by atoms with van der Waals surface area (Å²) in [5.74, 6) is -0.0542. The van der Waals surface area contributed by atoms with Gasteiger partial charge in [0.1, 0.15) is 18.2 Å². The van der Waals surface area contributed by atoms with Gasteiger partial charge in [-0.3, -0.25) is 0 Å². The second kappa shape index (κ2) is 6.65. The Kier molecular flexibility index (Phi) is 4.88. The molecule has 0 spiro atoms. The van der Waals surface area contributed by atoms with E-state index in [0.717, 1.165) is 0 Å². The lowest BCUT2D eigenvalue weighted by Gasteiger charge is -2.10. The van der Waals surface area contributed by atoms with E-state index in [9.17, 15) is 4.39 Å². The first-order chi connectivity index (χ1) is 10.0. The molecule has 2 aromatic rings. The normalized spacial score (nSPS) is 11.5. The third-order valence-electron chi connectivity index (χ3n) is 2.73. The summed E-state index contributed by atoms with van der Waals surface area (Å²) in [5, 5.41) is 12.1. The van der Waals surface area contributed by atoms with Gasteiger partial charge in [-0.2, -0.15) is 0 Å². The summed E-state index contributed by atoms with van der Waals surface area (Å²) in [5.41, 5.74) is 6.56. The number of ether oxygens (including phenoxy) is 1. The highest BCUT2D eigenvalue weighted by Crippen LogP contribution is 2.27. The van der Waals surface area contributed by atoms with E-state index >= 15 is 0 Å². The largest absolute Gasteiger partial charge is 0.487 e. The van der Waals surface area contributed by atoms with Crippen LogP contribution in [-0.2, 0) is 6.61 Å². The number of hydrogen-bond donors (Lipinski definition) is 2. The maximum atomic E-state index is 12.9. The van der Waals surface area contributed by atoms with Crippen molar-refractivity contribution in [2.24, 2.45) is 10.9 Å². The van der Waals surface area contributed by atoms with Gasteiger partial charge in [0.25, 0.3) is 0 Å². The maximum absolute atomic E-state index is 12.9. The fourth-order valence-corrected chi connectivity index (χ4v) is 2.09. The minimum Gasteiger partial charge on any atom is -0.487 e. The lowest BCUT2D eigenvalue weighted by molar-refractivity contribution is 0.306. The Balaban J connectivity index is 2.13. The Morgan fingerprint density at radius 1 is 1.19 bits per heavy atom. The zero-order chi connectivity index (χ0) is 15.4. The third-order valence-corrected chi connectivity index (χ3v) is 3.38. The molecule has 0 radical (unpaired) electrons. The molecule has 0 aromatic heterocycles. The highest BCUT2D eigenvalue weighted by Gasteiger charge is 2.08. The minimum absolute atomic E-state index is 0.0509. The summed E-state index contributed by atoms with van der Waals surface area (Å²) >= 11 is 12.0. The lowest BCUT2D eigenvalue weighted by atomic mass is 10.2. The minimum atomic E-state index is -0.412. The van der Waals surface area contributed by atoms with Crippen LogP contribution in [0.4, 0.5) is 4.39 Å². The molecule has 0 saturated carbocycles. The molecule has 110 valence electrons. The zero-order valence-electron chi connectivity index (χ0n) is 10.7. The van der Waals surface area contributed by atoms with Crippen LogP contribution in [0.15, 0.2) is 41.6 Å². The second-order valence-electron chi connectivity index (χ2n) is 4.15. The fraction of sp³-hybridized carbons (Fsp3) is 0.0714. The molecule has 0 bridgehead atoms. The molecule has 21 heavy (non-hydrogen) atoms. The van der Waals surface area contributed by atoms with Gasteiger partial charge in [0, 0.05) is 11.1 Å². The van der Waals surface area contributed by atoms with Crippen molar-refractivity contribution in [3.05, 3.63) is 63.4 Å². The lowest BCUT2D eigenvalue weighted by Crippen LogP contribution is -2.12. The van der Waals surface area contributed by atoms with Gasteiger partial charge in [0.2, 0.25) is 0 Å². The summed E-state index contributed by atoms with van der Waals surface area (Å²) in [7, 11) is 0. The highest BCUT2D eigenvalue weighted by molar-refractivity contribution is 6.32. The zero-order valence-corrected chi connectivity index (χ0v) is 12.2. The smallest absolute Gasteiger partial charge is 0.170 e. The summed E-state index contributed by atoms with van der Waals surface area (Å²) in [6.45, 7) is 0.141. The molecular weight excluding hydrogens is 318 g/mol. The first-order valence-electron chi connectivity index (χ1n) is 5.85. The van der Waals surface area contributed by atoms with Crippen LogP contribution in [0.25, 0.3) is 0 Å². The Morgan fingerprint density at radius 3 is 2.57 bits per heavy atom. The number of nitrogens with two attached hydrogens (primary N) is 1. The van der Waals surface area contributed by atoms with Crippen molar-refractivity contribution in [3.63, 3.8) is 0 Å². The molecule has 0 amide bonds. The van der Waals surface area contributed by atoms with E-state index in [4.69, 9.17) is 38.9 Å². The van der Waals surface area contributed by atoms with Crippen molar-refractivity contribution < 1.29 is 14.3 Å². The van der Waals surface area contributed by atoms with Crippen LogP contribution in [0.2, 0.25) is 10.0 Å². The summed E-state index contributed by atoms with van der Waals surface area (Å²) in [6, 6.07) is 8.75. The molecule has 3 N–H and O–H groups in total. The van der Waals surface area contributed by atoms with Crippen LogP contribution in [-0.4, -0.2) is 11.0 Å². The number of halogens is 3. The van der Waals surface area contributed by atoms with E-state index < -0.39 is 5.82 Å². The Bertz CT molecular complexity index is 693. The topological polar surface area (TPSA) is 67.8 Å². The SMILES string of the molecule is NC(=NO)c1ccc(OCc2ccc(F)cc2Cl)c(Cl)c1. The predicted octanol–water partition coefficient (Wildman–Crippen LogP) is 3.81. The van der Waals surface area contributed by atoms with E-state index in [1.54, 1.807) is 12.1 Å². The van der Waals surface area contributed by atoms with E-state index in [0.29, 0.717) is 21.9 Å². The van der Waals surface area contributed by atoms with Crippen molar-refractivity contribution >= 4 is 29.0 Å². The fourth-order valence-electron chi connectivity index (χ4n) is 1.63. The molecule has 0 heterocycles. The number of oxime groups is 1. The van der Waals surface area contributed by atoms with Crippen molar-refractivity contribution in [1.29, 1.82) is 0 Å². The molecular formula is C14H11Cl2FN2O2. The number of rotatable bonds is 4. The number of hydrogen-bond acceptors (Lipinski definition) is 3. The van der Waals surface area contributed by atoms with Gasteiger partial charge in [-0.1, -0.05) is 34.4 Å². The highest BCUT2D eigenvalue weighted by atomic mass is 35.5. The number of amidine groups is 1. The van der Waals surface area contributed by atoms with E-state index in [2.05, 4.69) is 5.16 Å². The first kappa shape index (κ1) is 15.4. The van der Waals surface area contributed by atoms with Crippen LogP contribution >= 0.6 is 23.2 Å². The van der Waals surface area contributed by atoms with Crippen molar-refractivity contribution in [2.45, 2.75) is 6.61 Å². The molecule has 0 atom stereocenters. The Labute approximate surface area is 130 Å². The van der Waals surface area contributed by atoms with Crippen LogP contribution in [0.3, 0.4) is 0 Å². The summed E-state index contributed by atoms with van der Waals surface area (Å²) in [6.07, 6.45) is 0. The second-order valence-corrected chi connectivity index (χ2v) is 4.97. The first-order valence-corrected chi connectivity index (χ1v) is 6.61. The number of nitrogens with zero attached hydrogens (tertiary/aromatic N) is 1. The van der Waals surface area contributed by atoms with Gasteiger partial charge < -0.3 is 15.7 Å². The van der Waals surface area contributed by atoms with Gasteiger partial charge >= 0.3 is 0 Å². The van der Waals surface area contributed by atoms with Gasteiger partial charge in [0.05, 0.1) is 10.0 Å². The molecule has 0 fully saturated rings. The monoisotopic (exact) mass is 328 g/mol. The molecule has 0 aliphatic carbocycles. The molecule has 2 aromatic carbocycles. The standard InChI is InChI=1S/C14H11Cl2FN2O2/c15-11-6-10(17)3-1-9(11)7-21-13-4-2-8(5-12(13)16)14(18)19-20/h1-6,20H,7H2,(H2,18,19). The predicted molar refractivity (Wildman–Crippen MR) is 79.7 cm³/mol. The Morgan fingerprint density at radius 2 is 1.95 bits per heavy atom. The van der Waals surface area contributed by atoms with Crippen LogP contribution in [0.1, 0.15) is 11.1 Å². The molecule has 2 rings (SSSR count). The summed E-state index contributed by atoms with van der Waals surface area (Å²) in [4.78, 5) is 0. The Hall–Kier alpha value is -1.98. The van der Waals surface area contributed by atoms with E-state index in [-0.39, 0.29) is 17.5 Å². The number of benzene rings is 2. The molecule has 0 aliphatic rings. The average molecular weight is 329 g/mol. The molecule has 7 heteroatoms. The van der Waals surface area contributed by atoms with Crippen molar-refractivity contribution in [1.82, 2.24) is 0 Å². The van der Waals surface area contributed by atoms with Gasteiger partial charge in [-0.15, -0.1) is 0 Å². The average Bonchev–Trinajstić information content (AvgIpc) is 2.46. The third kappa shape index (κ3) is 3.77. The van der Waals surface area contributed by atoms with Gasteiger partial charge in [-0.25, -0.2) is 4.39 Å².